The fourth-order valence-corrected chi connectivity index (χ4v) is 2.37. The topological polar surface area (TPSA) is 98.1 Å². The third-order valence-corrected chi connectivity index (χ3v) is 3.66. The van der Waals surface area contributed by atoms with Crippen molar-refractivity contribution in [2.75, 3.05) is 12.4 Å². The lowest BCUT2D eigenvalue weighted by Gasteiger charge is -2.10. The number of nitrogens with zero attached hydrogens (tertiary/aromatic N) is 3. The van der Waals surface area contributed by atoms with E-state index in [4.69, 9.17) is 4.74 Å². The molecule has 3 rings (SSSR count). The van der Waals surface area contributed by atoms with Crippen LogP contribution in [0, 0.1) is 0 Å². The van der Waals surface area contributed by atoms with Gasteiger partial charge in [-0.3, -0.25) is 14.2 Å². The molecule has 0 aliphatic carbocycles. The minimum Gasteiger partial charge on any atom is -0.496 e. The van der Waals surface area contributed by atoms with Gasteiger partial charge in [-0.1, -0.05) is 24.3 Å². The van der Waals surface area contributed by atoms with Gasteiger partial charge in [0.1, 0.15) is 18.4 Å². The molecule has 2 amide bonds. The Kier molecular flexibility index (Phi) is 5.23. The van der Waals surface area contributed by atoms with E-state index in [1.807, 2.05) is 24.3 Å². The fraction of sp³-hybridized carbons (Fsp3) is 0.111. The molecule has 0 unspecified atom stereocenters. The lowest BCUT2D eigenvalue weighted by Crippen LogP contribution is -2.35. The van der Waals surface area contributed by atoms with Crippen LogP contribution in [-0.2, 0) is 16.1 Å². The highest BCUT2D eigenvalue weighted by Crippen LogP contribution is 2.17. The summed E-state index contributed by atoms with van der Waals surface area (Å²) >= 11 is 0. The molecule has 26 heavy (non-hydrogen) atoms. The maximum absolute atomic E-state index is 12.1. The zero-order valence-corrected chi connectivity index (χ0v) is 14.0. The normalized spacial score (nSPS) is 10.2. The molecule has 2 N–H and O–H groups in total. The number of rotatable bonds is 5. The van der Waals surface area contributed by atoms with E-state index in [-0.39, 0.29) is 6.54 Å². The monoisotopic (exact) mass is 351 g/mol. The van der Waals surface area contributed by atoms with E-state index in [0.29, 0.717) is 11.4 Å². The Balaban J connectivity index is 1.61. The van der Waals surface area contributed by atoms with E-state index in [1.165, 1.54) is 0 Å². The van der Waals surface area contributed by atoms with Crippen molar-refractivity contribution in [3.63, 3.8) is 0 Å². The Morgan fingerprint density at radius 2 is 1.81 bits per heavy atom. The van der Waals surface area contributed by atoms with Crippen molar-refractivity contribution < 1.29 is 14.3 Å². The van der Waals surface area contributed by atoms with Crippen molar-refractivity contribution in [2.45, 2.75) is 6.54 Å². The number of ether oxygens (including phenoxy) is 1. The van der Waals surface area contributed by atoms with E-state index in [0.717, 1.165) is 11.3 Å². The number of carbonyl (C=O) groups is 2. The van der Waals surface area contributed by atoms with Crippen molar-refractivity contribution in [3.8, 4) is 11.4 Å². The number of aromatic nitrogens is 3. The first kappa shape index (κ1) is 17.2. The van der Waals surface area contributed by atoms with Crippen molar-refractivity contribution in [3.05, 3.63) is 66.7 Å². The molecule has 0 aliphatic heterocycles. The van der Waals surface area contributed by atoms with E-state index in [2.05, 4.69) is 20.8 Å². The molecule has 1 aromatic heterocycles. The molecule has 0 saturated carbocycles. The van der Waals surface area contributed by atoms with Crippen molar-refractivity contribution in [2.24, 2.45) is 0 Å². The van der Waals surface area contributed by atoms with Crippen LogP contribution in [0.5, 0.6) is 5.75 Å². The van der Waals surface area contributed by atoms with Crippen LogP contribution in [0.25, 0.3) is 5.69 Å². The van der Waals surface area contributed by atoms with Crippen LogP contribution in [0.15, 0.2) is 61.2 Å². The maximum Gasteiger partial charge on any atom is 0.313 e. The first-order valence-electron chi connectivity index (χ1n) is 7.83. The molecular weight excluding hydrogens is 334 g/mol. The van der Waals surface area contributed by atoms with Gasteiger partial charge in [-0.05, 0) is 24.3 Å². The largest absolute Gasteiger partial charge is 0.496 e. The Morgan fingerprint density at radius 3 is 2.58 bits per heavy atom. The fourth-order valence-electron chi connectivity index (χ4n) is 2.37. The summed E-state index contributed by atoms with van der Waals surface area (Å²) in [5.74, 6) is -0.832. The minimum absolute atomic E-state index is 0.191. The van der Waals surface area contributed by atoms with Crippen LogP contribution in [-0.4, -0.2) is 33.7 Å². The van der Waals surface area contributed by atoms with Crippen LogP contribution in [0.1, 0.15) is 5.56 Å². The number of anilines is 1. The molecule has 0 spiro atoms. The first-order valence-corrected chi connectivity index (χ1v) is 7.83. The SMILES string of the molecule is COc1ccccc1CNC(=O)C(=O)Nc1cccc(-n2cnnc2)c1. The standard InChI is InChI=1S/C18H17N5O3/c1-26-16-8-3-2-5-13(16)10-19-17(24)18(25)22-14-6-4-7-15(9-14)23-11-20-21-12-23/h2-9,11-12H,10H2,1H3,(H,19,24)(H,22,25). The Bertz CT molecular complexity index is 909. The van der Waals surface area contributed by atoms with E-state index in [9.17, 15) is 9.59 Å². The average molecular weight is 351 g/mol. The first-order chi connectivity index (χ1) is 12.7. The molecule has 0 aliphatic rings. The molecule has 1 heterocycles. The molecular formula is C18H17N5O3. The predicted molar refractivity (Wildman–Crippen MR) is 94.8 cm³/mol. The zero-order chi connectivity index (χ0) is 18.4. The average Bonchev–Trinajstić information content (AvgIpc) is 3.21. The van der Waals surface area contributed by atoms with Crippen molar-refractivity contribution >= 4 is 17.5 Å². The summed E-state index contributed by atoms with van der Waals surface area (Å²) in [6.45, 7) is 0.191. The second kappa shape index (κ2) is 7.93. The van der Waals surface area contributed by atoms with Gasteiger partial charge >= 0.3 is 11.8 Å². The van der Waals surface area contributed by atoms with E-state index in [1.54, 1.807) is 48.6 Å². The highest BCUT2D eigenvalue weighted by molar-refractivity contribution is 6.39. The van der Waals surface area contributed by atoms with Crippen LogP contribution in [0.4, 0.5) is 5.69 Å². The van der Waals surface area contributed by atoms with Gasteiger partial charge in [0, 0.05) is 17.8 Å². The Labute approximate surface area is 149 Å². The van der Waals surface area contributed by atoms with Gasteiger partial charge in [-0.2, -0.15) is 0 Å². The smallest absolute Gasteiger partial charge is 0.313 e. The number of para-hydroxylation sites is 1. The van der Waals surface area contributed by atoms with Gasteiger partial charge in [0.05, 0.1) is 12.8 Å². The van der Waals surface area contributed by atoms with Gasteiger partial charge in [-0.25, -0.2) is 0 Å². The molecule has 132 valence electrons. The van der Waals surface area contributed by atoms with Gasteiger partial charge < -0.3 is 15.4 Å². The number of hydrogen-bond donors (Lipinski definition) is 2. The molecule has 2 aromatic carbocycles. The third-order valence-electron chi connectivity index (χ3n) is 3.66. The van der Waals surface area contributed by atoms with E-state index >= 15 is 0 Å². The molecule has 3 aromatic rings. The summed E-state index contributed by atoms with van der Waals surface area (Å²) in [6, 6.07) is 14.3. The summed E-state index contributed by atoms with van der Waals surface area (Å²) in [5, 5.41) is 12.6. The van der Waals surface area contributed by atoms with Gasteiger partial charge in [0.15, 0.2) is 0 Å². The van der Waals surface area contributed by atoms with Crippen molar-refractivity contribution in [1.82, 2.24) is 20.1 Å². The van der Waals surface area contributed by atoms with Crippen LogP contribution in [0.3, 0.4) is 0 Å². The second-order valence-corrected chi connectivity index (χ2v) is 5.37. The molecule has 8 heteroatoms. The lowest BCUT2D eigenvalue weighted by atomic mass is 10.2. The molecule has 0 fully saturated rings. The number of benzene rings is 2. The highest BCUT2D eigenvalue weighted by atomic mass is 16.5. The summed E-state index contributed by atoms with van der Waals surface area (Å²) < 4.78 is 6.91. The third kappa shape index (κ3) is 4.04. The van der Waals surface area contributed by atoms with Crippen LogP contribution >= 0.6 is 0 Å². The minimum atomic E-state index is -0.749. The number of hydrogen-bond acceptors (Lipinski definition) is 5. The predicted octanol–water partition coefficient (Wildman–Crippen LogP) is 1.53. The number of nitrogens with one attached hydrogen (secondary N) is 2. The Morgan fingerprint density at radius 1 is 1.04 bits per heavy atom. The van der Waals surface area contributed by atoms with Gasteiger partial charge in [0.25, 0.3) is 0 Å². The molecule has 8 nitrogen and oxygen atoms in total. The summed E-state index contributed by atoms with van der Waals surface area (Å²) in [5.41, 5.74) is 2.04. The summed E-state index contributed by atoms with van der Waals surface area (Å²) in [4.78, 5) is 24.1. The number of methoxy groups -OCH3 is 1. The van der Waals surface area contributed by atoms with Crippen LogP contribution < -0.4 is 15.4 Å². The van der Waals surface area contributed by atoms with Crippen molar-refractivity contribution in [1.29, 1.82) is 0 Å². The molecule has 0 atom stereocenters. The molecule has 0 saturated heterocycles. The van der Waals surface area contributed by atoms with Gasteiger partial charge in [-0.15, -0.1) is 10.2 Å². The van der Waals surface area contributed by atoms with Gasteiger partial charge in [0.2, 0.25) is 0 Å². The number of carbonyl (C=O) groups excluding carboxylic acids is 2. The maximum atomic E-state index is 12.1. The quantitative estimate of drug-likeness (QED) is 0.679. The summed E-state index contributed by atoms with van der Waals surface area (Å²) in [6.07, 6.45) is 3.09. The second-order valence-electron chi connectivity index (χ2n) is 5.37. The van der Waals surface area contributed by atoms with Crippen LogP contribution in [0.2, 0.25) is 0 Å². The zero-order valence-electron chi connectivity index (χ0n) is 14.0. The summed E-state index contributed by atoms with van der Waals surface area (Å²) in [7, 11) is 1.55. The Hall–Kier alpha value is -3.68. The molecule has 0 radical (unpaired) electrons. The van der Waals surface area contributed by atoms with E-state index < -0.39 is 11.8 Å². The molecule has 0 bridgehead atoms. The number of amides is 2. The highest BCUT2D eigenvalue weighted by Gasteiger charge is 2.14. The lowest BCUT2D eigenvalue weighted by molar-refractivity contribution is -0.136.